The predicted octanol–water partition coefficient (Wildman–Crippen LogP) is 2.52. The van der Waals surface area contributed by atoms with Gasteiger partial charge in [-0.3, -0.25) is 0 Å². The molecule has 0 amide bonds. The molecule has 2 unspecified atom stereocenters. The maximum absolute atomic E-state index is 6.04. The maximum Gasteiger partial charge on any atom is 0.129 e. The molecule has 0 spiro atoms. The molecule has 0 aliphatic carbocycles. The molecule has 0 bridgehead atoms. The maximum atomic E-state index is 6.04. The number of nitrogens with two attached hydrogens (primary N) is 1. The Balaban J connectivity index is 2.27. The van der Waals surface area contributed by atoms with Gasteiger partial charge in [-0.15, -0.1) is 0 Å². The average Bonchev–Trinajstić information content (AvgIpc) is 2.34. The molecule has 0 saturated carbocycles. The first-order chi connectivity index (χ1) is 8.13. The van der Waals surface area contributed by atoms with Crippen LogP contribution in [0.5, 0.6) is 0 Å². The van der Waals surface area contributed by atoms with E-state index in [-0.39, 0.29) is 0 Å². The topological polar surface area (TPSA) is 42.1 Å². The Morgan fingerprint density at radius 1 is 1.53 bits per heavy atom. The van der Waals surface area contributed by atoms with Crippen molar-refractivity contribution in [2.24, 2.45) is 5.73 Å². The Morgan fingerprint density at radius 3 is 3.00 bits per heavy atom. The number of thioether (sulfide) groups is 1. The number of aromatic nitrogens is 1. The average molecular weight is 272 g/mol. The first-order valence-corrected chi connectivity index (χ1v) is 7.30. The van der Waals surface area contributed by atoms with Crippen molar-refractivity contribution in [1.82, 2.24) is 4.98 Å². The van der Waals surface area contributed by atoms with Gasteiger partial charge in [0.05, 0.1) is 10.7 Å². The van der Waals surface area contributed by atoms with Crippen LogP contribution < -0.4 is 10.6 Å². The number of rotatable bonds is 2. The molecular formula is C12H18ClN3S. The van der Waals surface area contributed by atoms with E-state index in [9.17, 15) is 0 Å². The molecule has 5 heteroatoms. The van der Waals surface area contributed by atoms with Gasteiger partial charge in [0.1, 0.15) is 5.82 Å². The lowest BCUT2D eigenvalue weighted by Crippen LogP contribution is -2.45. The monoisotopic (exact) mass is 271 g/mol. The van der Waals surface area contributed by atoms with Gasteiger partial charge in [0, 0.05) is 30.1 Å². The summed E-state index contributed by atoms with van der Waals surface area (Å²) in [5, 5.41) is 1.28. The molecule has 17 heavy (non-hydrogen) atoms. The molecule has 0 aromatic carbocycles. The second kappa shape index (κ2) is 5.46. The van der Waals surface area contributed by atoms with Crippen molar-refractivity contribution in [3.05, 3.63) is 22.8 Å². The van der Waals surface area contributed by atoms with Crippen molar-refractivity contribution in [2.45, 2.75) is 31.7 Å². The van der Waals surface area contributed by atoms with E-state index in [1.165, 1.54) is 0 Å². The van der Waals surface area contributed by atoms with Gasteiger partial charge in [-0.2, -0.15) is 11.8 Å². The predicted molar refractivity (Wildman–Crippen MR) is 75.9 cm³/mol. The molecule has 1 aromatic rings. The molecule has 94 valence electrons. The standard InChI is InChI=1S/C12H18ClN3S/c1-8-9(2)17-6-5-16(8)12-4-3-10(13)11(7-14)15-12/h3-4,8-9H,5-7,14H2,1-2H3. The summed E-state index contributed by atoms with van der Waals surface area (Å²) in [6.45, 7) is 5.94. The van der Waals surface area contributed by atoms with Gasteiger partial charge in [0.25, 0.3) is 0 Å². The van der Waals surface area contributed by atoms with Crippen LogP contribution in [0.2, 0.25) is 5.02 Å². The van der Waals surface area contributed by atoms with Gasteiger partial charge in [-0.05, 0) is 19.1 Å². The summed E-state index contributed by atoms with van der Waals surface area (Å²) in [5.74, 6) is 2.14. The fourth-order valence-corrected chi connectivity index (χ4v) is 3.31. The zero-order valence-corrected chi connectivity index (χ0v) is 11.8. The number of pyridine rings is 1. The van der Waals surface area contributed by atoms with Crippen LogP contribution in [0.1, 0.15) is 19.5 Å². The lowest BCUT2D eigenvalue weighted by molar-refractivity contribution is 0.619. The third-order valence-electron chi connectivity index (χ3n) is 3.28. The molecule has 2 atom stereocenters. The molecule has 2 rings (SSSR count). The quantitative estimate of drug-likeness (QED) is 0.898. The van der Waals surface area contributed by atoms with Crippen molar-refractivity contribution >= 4 is 29.2 Å². The van der Waals surface area contributed by atoms with Crippen molar-refractivity contribution in [1.29, 1.82) is 0 Å². The molecule has 2 heterocycles. The number of hydrogen-bond donors (Lipinski definition) is 1. The summed E-state index contributed by atoms with van der Waals surface area (Å²) < 4.78 is 0. The SMILES string of the molecule is CC1SCCN(c2ccc(Cl)c(CN)n2)C1C. The molecular weight excluding hydrogens is 254 g/mol. The lowest BCUT2D eigenvalue weighted by atomic mass is 10.2. The summed E-state index contributed by atoms with van der Waals surface area (Å²) >= 11 is 8.05. The minimum atomic E-state index is 0.388. The van der Waals surface area contributed by atoms with Crippen molar-refractivity contribution in [2.75, 3.05) is 17.2 Å². The highest BCUT2D eigenvalue weighted by Crippen LogP contribution is 2.29. The van der Waals surface area contributed by atoms with Gasteiger partial charge in [0.2, 0.25) is 0 Å². The third kappa shape index (κ3) is 2.69. The van der Waals surface area contributed by atoms with E-state index in [4.69, 9.17) is 17.3 Å². The fourth-order valence-electron chi connectivity index (χ4n) is 2.03. The van der Waals surface area contributed by atoms with Crippen LogP contribution in [0.25, 0.3) is 0 Å². The van der Waals surface area contributed by atoms with Gasteiger partial charge in [-0.25, -0.2) is 4.98 Å². The van der Waals surface area contributed by atoms with E-state index in [1.54, 1.807) is 0 Å². The van der Waals surface area contributed by atoms with Crippen molar-refractivity contribution in [3.63, 3.8) is 0 Å². The van der Waals surface area contributed by atoms with Gasteiger partial charge in [0.15, 0.2) is 0 Å². The minimum Gasteiger partial charge on any atom is -0.352 e. The van der Waals surface area contributed by atoms with Crippen LogP contribution in [0, 0.1) is 0 Å². The highest BCUT2D eigenvalue weighted by atomic mass is 35.5. The molecule has 1 aliphatic heterocycles. The summed E-state index contributed by atoms with van der Waals surface area (Å²) in [6.07, 6.45) is 0. The second-order valence-corrected chi connectivity index (χ2v) is 6.20. The van der Waals surface area contributed by atoms with E-state index in [0.29, 0.717) is 22.9 Å². The molecule has 0 radical (unpaired) electrons. The normalized spacial score (nSPS) is 25.1. The third-order valence-corrected chi connectivity index (χ3v) is 4.96. The number of hydrogen-bond acceptors (Lipinski definition) is 4. The Morgan fingerprint density at radius 2 is 2.29 bits per heavy atom. The van der Waals surface area contributed by atoms with Gasteiger partial charge < -0.3 is 10.6 Å². The van der Waals surface area contributed by atoms with Gasteiger partial charge in [-0.1, -0.05) is 18.5 Å². The first-order valence-electron chi connectivity index (χ1n) is 5.87. The Hall–Kier alpha value is -0.450. The Labute approximate surface area is 112 Å². The van der Waals surface area contributed by atoms with Crippen molar-refractivity contribution in [3.8, 4) is 0 Å². The summed E-state index contributed by atoms with van der Waals surface area (Å²) in [4.78, 5) is 6.90. The highest BCUT2D eigenvalue weighted by molar-refractivity contribution is 8.00. The lowest BCUT2D eigenvalue weighted by Gasteiger charge is -2.38. The van der Waals surface area contributed by atoms with E-state index in [2.05, 4.69) is 23.7 Å². The minimum absolute atomic E-state index is 0.388. The smallest absolute Gasteiger partial charge is 0.129 e. The van der Waals surface area contributed by atoms with Crippen LogP contribution in [-0.2, 0) is 6.54 Å². The molecule has 1 aromatic heterocycles. The summed E-state index contributed by atoms with van der Waals surface area (Å²) in [5.41, 5.74) is 6.42. The highest BCUT2D eigenvalue weighted by Gasteiger charge is 2.26. The zero-order chi connectivity index (χ0) is 12.4. The Kier molecular flexibility index (Phi) is 4.17. The number of nitrogens with zero attached hydrogens (tertiary/aromatic N) is 2. The molecule has 3 nitrogen and oxygen atoms in total. The molecule has 2 N–H and O–H groups in total. The summed E-state index contributed by atoms with van der Waals surface area (Å²) in [7, 11) is 0. The number of halogens is 1. The molecule has 1 aliphatic rings. The fraction of sp³-hybridized carbons (Fsp3) is 0.583. The van der Waals surface area contributed by atoms with Gasteiger partial charge >= 0.3 is 0 Å². The zero-order valence-electron chi connectivity index (χ0n) is 10.2. The Bertz CT molecular complexity index is 399. The van der Waals surface area contributed by atoms with Crippen molar-refractivity contribution < 1.29 is 0 Å². The molecule has 1 saturated heterocycles. The summed E-state index contributed by atoms with van der Waals surface area (Å²) in [6, 6.07) is 4.37. The van der Waals surface area contributed by atoms with Crippen LogP contribution >= 0.6 is 23.4 Å². The molecule has 1 fully saturated rings. The van der Waals surface area contributed by atoms with Crippen LogP contribution in [0.15, 0.2) is 12.1 Å². The van der Waals surface area contributed by atoms with E-state index in [0.717, 1.165) is 23.8 Å². The second-order valence-electron chi connectivity index (χ2n) is 4.31. The van der Waals surface area contributed by atoms with E-state index < -0.39 is 0 Å². The van der Waals surface area contributed by atoms with E-state index >= 15 is 0 Å². The van der Waals surface area contributed by atoms with Crippen LogP contribution in [0.3, 0.4) is 0 Å². The number of anilines is 1. The first kappa shape index (κ1) is 13.0. The van der Waals surface area contributed by atoms with Crippen LogP contribution in [-0.4, -0.2) is 28.6 Å². The van der Waals surface area contributed by atoms with E-state index in [1.807, 2.05) is 23.9 Å². The van der Waals surface area contributed by atoms with Crippen LogP contribution in [0.4, 0.5) is 5.82 Å². The largest absolute Gasteiger partial charge is 0.352 e.